The molecule has 0 radical (unpaired) electrons. The second kappa shape index (κ2) is 17.0. The van der Waals surface area contributed by atoms with Crippen molar-refractivity contribution in [1.29, 1.82) is 0 Å². The van der Waals surface area contributed by atoms with Gasteiger partial charge in [-0.1, -0.05) is 53.9 Å². The average Bonchev–Trinajstić information content (AvgIpc) is 3.59. The van der Waals surface area contributed by atoms with Gasteiger partial charge in [0, 0.05) is 5.25 Å². The van der Waals surface area contributed by atoms with E-state index in [1.807, 2.05) is 13.8 Å². The van der Waals surface area contributed by atoms with Crippen LogP contribution in [0.15, 0.2) is 0 Å². The number of rotatable bonds is 14. The van der Waals surface area contributed by atoms with Crippen LogP contribution in [0.2, 0.25) is 0 Å². The summed E-state index contributed by atoms with van der Waals surface area (Å²) in [6, 6.07) is 0. The standard InChI is InChI=1S/C11H22O3S.C7H14O3S.C3H6O3S.CH4.Li/c1-3-5-7-11(8-9-11)15(12,13)14-10-6-4-2;1-2-3-6-10-11(8,9)7-4-5-7;4-7(5,6)3-1-2-3;;/h3-10H2,1-2H3;7H,2-6H2,1H3;3H,1-2H2,(H,4,5,6);1H4;/q;;;;+1/p-1. The number of hydrogen-bond donors (Lipinski definition) is 0. The summed E-state index contributed by atoms with van der Waals surface area (Å²) >= 11 is 0. The molecule has 3 fully saturated rings. The molecule has 3 aliphatic rings. The molecule has 0 spiro atoms. The molecule has 0 aliphatic heterocycles. The van der Waals surface area contributed by atoms with E-state index in [9.17, 15) is 29.8 Å². The van der Waals surface area contributed by atoms with Crippen LogP contribution < -0.4 is 18.9 Å². The van der Waals surface area contributed by atoms with E-state index in [2.05, 4.69) is 6.92 Å². The van der Waals surface area contributed by atoms with Crippen molar-refractivity contribution in [1.82, 2.24) is 0 Å². The summed E-state index contributed by atoms with van der Waals surface area (Å²) < 4.78 is 84.7. The van der Waals surface area contributed by atoms with E-state index in [4.69, 9.17) is 8.37 Å². The molecule has 9 nitrogen and oxygen atoms in total. The van der Waals surface area contributed by atoms with Crippen LogP contribution in [0.25, 0.3) is 0 Å². The second-order valence-corrected chi connectivity index (χ2v) is 14.5. The Morgan fingerprint density at radius 1 is 0.743 bits per heavy atom. The maximum Gasteiger partial charge on any atom is 1.00 e. The Labute approximate surface area is 226 Å². The molecule has 0 heterocycles. The van der Waals surface area contributed by atoms with Crippen molar-refractivity contribution < 1.29 is 57.0 Å². The molecule has 3 saturated carbocycles. The van der Waals surface area contributed by atoms with Crippen molar-refractivity contribution >= 4 is 30.4 Å². The Bertz CT molecular complexity index is 875. The molecule has 0 aromatic carbocycles. The van der Waals surface area contributed by atoms with E-state index in [0.29, 0.717) is 26.1 Å². The van der Waals surface area contributed by atoms with Crippen molar-refractivity contribution in [3.05, 3.63) is 0 Å². The largest absolute Gasteiger partial charge is 1.00 e. The molecule has 0 aromatic heterocycles. The molecular weight excluding hydrogens is 511 g/mol. The summed E-state index contributed by atoms with van der Waals surface area (Å²) in [7, 11) is -10.3. The molecule has 0 amide bonds. The first-order valence-electron chi connectivity index (χ1n) is 12.1. The molecule has 13 heteroatoms. The van der Waals surface area contributed by atoms with Crippen LogP contribution in [0.3, 0.4) is 0 Å². The van der Waals surface area contributed by atoms with Crippen molar-refractivity contribution in [2.75, 3.05) is 13.2 Å². The first kappa shape index (κ1) is 37.5. The quantitative estimate of drug-likeness (QED) is 0.134. The van der Waals surface area contributed by atoms with Gasteiger partial charge in [0.25, 0.3) is 20.2 Å². The van der Waals surface area contributed by atoms with Crippen LogP contribution in [-0.2, 0) is 38.7 Å². The van der Waals surface area contributed by atoms with Gasteiger partial charge in [-0.3, -0.25) is 8.37 Å². The van der Waals surface area contributed by atoms with Crippen LogP contribution in [0, 0.1) is 0 Å². The molecule has 0 atom stereocenters. The predicted octanol–water partition coefficient (Wildman–Crippen LogP) is 1.49. The maximum absolute atomic E-state index is 11.9. The van der Waals surface area contributed by atoms with Gasteiger partial charge in [-0.15, -0.1) is 0 Å². The Kier molecular flexibility index (Phi) is 18.2. The van der Waals surface area contributed by atoms with E-state index in [1.54, 1.807) is 0 Å². The van der Waals surface area contributed by atoms with Gasteiger partial charge in [0.05, 0.1) is 33.3 Å². The van der Waals surface area contributed by atoms with Crippen LogP contribution in [0.1, 0.15) is 112 Å². The van der Waals surface area contributed by atoms with E-state index < -0.39 is 40.4 Å². The topological polar surface area (TPSA) is 144 Å². The smallest absolute Gasteiger partial charge is 0.748 e. The van der Waals surface area contributed by atoms with Crippen molar-refractivity contribution in [2.45, 2.75) is 127 Å². The zero-order valence-electron chi connectivity index (χ0n) is 21.2. The zero-order valence-corrected chi connectivity index (χ0v) is 23.6. The van der Waals surface area contributed by atoms with Gasteiger partial charge in [-0.2, -0.15) is 16.8 Å². The monoisotopic (exact) mass is 556 g/mol. The van der Waals surface area contributed by atoms with Gasteiger partial charge in [-0.25, -0.2) is 8.42 Å². The van der Waals surface area contributed by atoms with E-state index >= 15 is 0 Å². The molecule has 3 rings (SSSR count). The van der Waals surface area contributed by atoms with Gasteiger partial charge in [-0.05, 0) is 57.8 Å². The molecule has 0 saturated heterocycles. The fourth-order valence-electron chi connectivity index (χ4n) is 2.83. The summed E-state index contributed by atoms with van der Waals surface area (Å²) in [6.45, 7) is 6.83. The number of hydrogen-bond acceptors (Lipinski definition) is 9. The Hall–Kier alpha value is 0.327. The molecule has 0 bridgehead atoms. The van der Waals surface area contributed by atoms with Crippen molar-refractivity contribution in [3.63, 3.8) is 0 Å². The maximum atomic E-state index is 11.9. The van der Waals surface area contributed by atoms with E-state index in [1.165, 1.54) is 0 Å². The van der Waals surface area contributed by atoms with Gasteiger partial charge >= 0.3 is 18.9 Å². The summed E-state index contributed by atoms with van der Waals surface area (Å²) in [4.78, 5) is 0. The third kappa shape index (κ3) is 14.7. The minimum atomic E-state index is -3.88. The number of unbranched alkanes of at least 4 members (excludes halogenated alkanes) is 3. The van der Waals surface area contributed by atoms with Gasteiger partial charge in [0.1, 0.15) is 0 Å². The molecule has 0 unspecified atom stereocenters. The van der Waals surface area contributed by atoms with Crippen LogP contribution in [-0.4, -0.2) is 58.3 Å². The van der Waals surface area contributed by atoms with E-state index in [-0.39, 0.29) is 31.5 Å². The Morgan fingerprint density at radius 3 is 1.49 bits per heavy atom. The molecule has 3 aliphatic carbocycles. The van der Waals surface area contributed by atoms with E-state index in [0.717, 1.165) is 70.6 Å². The minimum Gasteiger partial charge on any atom is -0.748 e. The second-order valence-electron chi connectivity index (χ2n) is 8.98. The van der Waals surface area contributed by atoms with Gasteiger partial charge in [0.15, 0.2) is 0 Å². The minimum absolute atomic E-state index is 0. The summed E-state index contributed by atoms with van der Waals surface area (Å²) in [6.07, 6.45) is 10.7. The van der Waals surface area contributed by atoms with Crippen LogP contribution in [0.5, 0.6) is 0 Å². The van der Waals surface area contributed by atoms with Crippen molar-refractivity contribution in [2.24, 2.45) is 0 Å². The summed E-state index contributed by atoms with van der Waals surface area (Å²) in [5.74, 6) is 0. The third-order valence-corrected chi connectivity index (χ3v) is 10.9. The summed E-state index contributed by atoms with van der Waals surface area (Å²) in [5.41, 5.74) is 0. The fourth-order valence-corrected chi connectivity index (χ4v) is 6.38. The van der Waals surface area contributed by atoms with Crippen LogP contribution >= 0.6 is 0 Å². The molecule has 35 heavy (non-hydrogen) atoms. The molecule has 206 valence electrons. The van der Waals surface area contributed by atoms with Crippen LogP contribution in [0.4, 0.5) is 0 Å². The fraction of sp³-hybridized carbons (Fsp3) is 1.00. The SMILES string of the molecule is C.CCCCOS(=O)(=O)C1(CCCC)CC1.CCCCOS(=O)(=O)C1CC1.O=S(=O)([O-])C1CC1.[Li+]. The summed E-state index contributed by atoms with van der Waals surface area (Å²) in [5, 5.41) is -0.716. The zero-order chi connectivity index (χ0) is 25.2. The van der Waals surface area contributed by atoms with Gasteiger partial charge in [0.2, 0.25) is 0 Å². The normalized spacial score (nSPS) is 18.5. The van der Waals surface area contributed by atoms with Crippen molar-refractivity contribution in [3.8, 4) is 0 Å². The average molecular weight is 557 g/mol. The molecular formula is C22H45LiO9S3. The Balaban J connectivity index is 0. The third-order valence-electron chi connectivity index (χ3n) is 5.67. The molecule has 0 N–H and O–H groups in total. The Morgan fingerprint density at radius 2 is 1.17 bits per heavy atom. The predicted molar refractivity (Wildman–Crippen MR) is 134 cm³/mol. The first-order valence-corrected chi connectivity index (χ1v) is 16.4. The van der Waals surface area contributed by atoms with Gasteiger partial charge < -0.3 is 4.55 Å². The first-order chi connectivity index (χ1) is 15.3. The molecule has 0 aromatic rings.